The van der Waals surface area contributed by atoms with Crippen LogP contribution in [0.5, 0.6) is 0 Å². The average molecular weight is 1150 g/mol. The largest absolute Gasteiger partial charge is 0.472 e. The van der Waals surface area contributed by atoms with E-state index >= 15 is 0 Å². The van der Waals surface area contributed by atoms with Gasteiger partial charge in [-0.2, -0.15) is 0 Å². The summed E-state index contributed by atoms with van der Waals surface area (Å²) in [5, 5.41) is 3.07. The number of nitrogens with zero attached hydrogens (tertiary/aromatic N) is 1. The molecular weight excluding hydrogens is 1010 g/mol. The van der Waals surface area contributed by atoms with Gasteiger partial charge in [0.2, 0.25) is 5.91 Å². The van der Waals surface area contributed by atoms with E-state index < -0.39 is 20.0 Å². The summed E-state index contributed by atoms with van der Waals surface area (Å²) >= 11 is 0. The van der Waals surface area contributed by atoms with Crippen LogP contribution in [0, 0.1) is 0 Å². The molecule has 0 aliphatic heterocycles. The molecule has 10 heteroatoms. The summed E-state index contributed by atoms with van der Waals surface area (Å²) in [6.07, 6.45) is 74.4. The molecule has 0 saturated carbocycles. The van der Waals surface area contributed by atoms with Crippen molar-refractivity contribution in [3.05, 3.63) is 36.5 Å². The highest BCUT2D eigenvalue weighted by Gasteiger charge is 2.30. The third-order valence-electron chi connectivity index (χ3n) is 15.8. The second-order valence-corrected chi connectivity index (χ2v) is 26.5. The molecule has 0 aromatic heterocycles. The van der Waals surface area contributed by atoms with Gasteiger partial charge in [0.1, 0.15) is 19.3 Å². The number of phosphoric ester groups is 1. The number of allylic oxidation sites excluding steroid dienone is 5. The first kappa shape index (κ1) is 78.2. The van der Waals surface area contributed by atoms with Crippen LogP contribution >= 0.6 is 7.82 Å². The topological polar surface area (TPSA) is 111 Å². The van der Waals surface area contributed by atoms with Gasteiger partial charge in [-0.05, 0) is 83.1 Å². The zero-order valence-corrected chi connectivity index (χ0v) is 55.0. The number of ether oxygens (including phenoxy) is 1. The Morgan fingerprint density at radius 3 is 1.06 bits per heavy atom. The van der Waals surface area contributed by atoms with E-state index in [1.54, 1.807) is 0 Å². The van der Waals surface area contributed by atoms with E-state index in [0.717, 1.165) is 57.8 Å². The van der Waals surface area contributed by atoms with Crippen molar-refractivity contribution in [2.75, 3.05) is 40.9 Å². The Kier molecular flexibility index (Phi) is 59.0. The number of nitrogens with one attached hydrogen (secondary N) is 1. The Morgan fingerprint density at radius 1 is 0.425 bits per heavy atom. The number of hydrogen-bond acceptors (Lipinski definition) is 6. The first-order valence-electron chi connectivity index (χ1n) is 34.8. The fraction of sp³-hybridized carbons (Fsp3) is 0.886. The van der Waals surface area contributed by atoms with E-state index in [2.05, 4.69) is 50.4 Å². The minimum atomic E-state index is -4.45. The normalized spacial score (nSPS) is 13.7. The van der Waals surface area contributed by atoms with Crippen LogP contribution in [-0.4, -0.2) is 74.3 Å². The number of hydrogen-bond donors (Lipinski definition) is 2. The lowest BCUT2D eigenvalue weighted by Gasteiger charge is -2.27. The molecule has 1 amide bonds. The molecule has 0 spiro atoms. The zero-order valence-electron chi connectivity index (χ0n) is 54.1. The Labute approximate surface area is 497 Å². The van der Waals surface area contributed by atoms with Crippen LogP contribution in [0.4, 0.5) is 0 Å². The second-order valence-electron chi connectivity index (χ2n) is 25.0. The maximum atomic E-state index is 13.6. The summed E-state index contributed by atoms with van der Waals surface area (Å²) in [4.78, 5) is 37.8. The highest BCUT2D eigenvalue weighted by atomic mass is 31.2. The Hall–Kier alpha value is -1.77. The smallest absolute Gasteiger partial charge is 0.456 e. The average Bonchev–Trinajstić information content (AvgIpc) is 3.42. The molecule has 2 N–H and O–H groups in total. The molecule has 0 radical (unpaired) electrons. The third kappa shape index (κ3) is 60.8. The van der Waals surface area contributed by atoms with Gasteiger partial charge in [0.15, 0.2) is 0 Å². The fourth-order valence-corrected chi connectivity index (χ4v) is 11.1. The molecule has 0 heterocycles. The number of amides is 1. The summed E-state index contributed by atoms with van der Waals surface area (Å²) < 4.78 is 30.8. The maximum absolute atomic E-state index is 13.6. The Morgan fingerprint density at radius 2 is 0.725 bits per heavy atom. The van der Waals surface area contributed by atoms with E-state index in [9.17, 15) is 19.0 Å². The number of likely N-dealkylation sites (N-methyl/N-ethyl adjacent to an activating group) is 1. The van der Waals surface area contributed by atoms with Crippen LogP contribution in [-0.2, 0) is 27.9 Å². The minimum Gasteiger partial charge on any atom is -0.456 e. The SMILES string of the molecule is CCCCCCCC/C=C/CCCCCCCCCCCCCCCCCC(=O)NC(COP(=O)(O)OCC[N+](C)(C)C)C(/C=C\CCCCCCCCCCCC)OC(=O)CCCCCCCCC/C=C/CCCCCCCC. The zero-order chi connectivity index (χ0) is 58.6. The molecule has 0 aromatic rings. The number of rotatable bonds is 64. The molecule has 0 aliphatic carbocycles. The number of quaternary nitrogens is 1. The van der Waals surface area contributed by atoms with Gasteiger partial charge in [-0.3, -0.25) is 18.6 Å². The third-order valence-corrected chi connectivity index (χ3v) is 16.8. The number of esters is 1. The lowest BCUT2D eigenvalue weighted by atomic mass is 10.0. The predicted molar refractivity (Wildman–Crippen MR) is 346 cm³/mol. The summed E-state index contributed by atoms with van der Waals surface area (Å²) in [5.74, 6) is -0.493. The molecule has 0 saturated heterocycles. The lowest BCUT2D eigenvalue weighted by Crippen LogP contribution is -2.47. The second kappa shape index (κ2) is 60.4. The van der Waals surface area contributed by atoms with Crippen molar-refractivity contribution < 1.29 is 37.3 Å². The highest BCUT2D eigenvalue weighted by Crippen LogP contribution is 2.43. The molecule has 9 nitrogen and oxygen atoms in total. The van der Waals surface area contributed by atoms with Crippen LogP contribution < -0.4 is 5.32 Å². The molecular formula is C70H136N2O7P+. The van der Waals surface area contributed by atoms with Crippen molar-refractivity contribution in [1.29, 1.82) is 0 Å². The van der Waals surface area contributed by atoms with Gasteiger partial charge in [-0.25, -0.2) is 4.57 Å². The molecule has 3 atom stereocenters. The van der Waals surface area contributed by atoms with Crippen molar-refractivity contribution in [2.45, 2.75) is 360 Å². The van der Waals surface area contributed by atoms with E-state index in [-0.39, 0.29) is 25.1 Å². The Balaban J connectivity index is 5.04. The predicted octanol–water partition coefficient (Wildman–Crippen LogP) is 21.8. The quantitative estimate of drug-likeness (QED) is 0.0205. The summed E-state index contributed by atoms with van der Waals surface area (Å²) in [6, 6.07) is -0.847. The van der Waals surface area contributed by atoms with E-state index in [1.165, 1.54) is 257 Å². The van der Waals surface area contributed by atoms with Gasteiger partial charge < -0.3 is 19.4 Å². The molecule has 80 heavy (non-hydrogen) atoms. The van der Waals surface area contributed by atoms with E-state index in [4.69, 9.17) is 13.8 Å². The van der Waals surface area contributed by atoms with Crippen molar-refractivity contribution in [2.24, 2.45) is 0 Å². The van der Waals surface area contributed by atoms with Gasteiger partial charge in [0, 0.05) is 12.8 Å². The van der Waals surface area contributed by atoms with Crippen LogP contribution in [0.25, 0.3) is 0 Å². The van der Waals surface area contributed by atoms with Crippen molar-refractivity contribution >= 4 is 19.7 Å². The van der Waals surface area contributed by atoms with Crippen LogP contribution in [0.15, 0.2) is 36.5 Å². The molecule has 0 fully saturated rings. The molecule has 0 aliphatic rings. The van der Waals surface area contributed by atoms with Crippen molar-refractivity contribution in [3.63, 3.8) is 0 Å². The van der Waals surface area contributed by atoms with Crippen LogP contribution in [0.3, 0.4) is 0 Å². The molecule has 472 valence electrons. The number of unbranched alkanes of at least 4 members (excludes halogenated alkanes) is 44. The lowest BCUT2D eigenvalue weighted by molar-refractivity contribution is -0.870. The van der Waals surface area contributed by atoms with Gasteiger partial charge >= 0.3 is 13.8 Å². The molecule has 0 aromatic carbocycles. The first-order valence-corrected chi connectivity index (χ1v) is 36.3. The van der Waals surface area contributed by atoms with Crippen molar-refractivity contribution in [1.82, 2.24) is 5.32 Å². The monoisotopic (exact) mass is 1150 g/mol. The summed E-state index contributed by atoms with van der Waals surface area (Å²) in [7, 11) is 1.51. The summed E-state index contributed by atoms with van der Waals surface area (Å²) in [6.45, 7) is 7.05. The fourth-order valence-electron chi connectivity index (χ4n) is 10.4. The first-order chi connectivity index (χ1) is 38.9. The molecule has 0 rings (SSSR count). The van der Waals surface area contributed by atoms with Gasteiger partial charge in [-0.15, -0.1) is 0 Å². The van der Waals surface area contributed by atoms with Gasteiger partial charge in [-0.1, -0.05) is 289 Å². The molecule has 3 unspecified atom stereocenters. The minimum absolute atomic E-state index is 0.0420. The van der Waals surface area contributed by atoms with Gasteiger partial charge in [0.05, 0.1) is 33.8 Å². The van der Waals surface area contributed by atoms with Crippen molar-refractivity contribution in [3.8, 4) is 0 Å². The highest BCUT2D eigenvalue weighted by molar-refractivity contribution is 7.47. The molecule has 0 bridgehead atoms. The maximum Gasteiger partial charge on any atom is 0.472 e. The van der Waals surface area contributed by atoms with Crippen LogP contribution in [0.1, 0.15) is 348 Å². The standard InChI is InChI=1S/C70H135N2O7P/c1-7-10-13-16-19-22-25-28-30-32-33-34-35-36-37-38-39-41-42-44-47-50-53-56-59-62-69(73)71-67(66-78-80(75,76)77-65-64-72(4,5)6)68(61-58-55-52-49-46-27-24-21-18-15-12-9-3)79-70(74)63-60-57-54-51-48-45-43-40-31-29-26-23-20-17-14-11-8-2/h28-31,58,61,67-68H,7-27,32-57,59-60,62-66H2,1-6H3,(H-,71,73,75,76)/p+1/b30-28+,31-29+,61-58-. The van der Waals surface area contributed by atoms with E-state index in [1.807, 2.05) is 33.3 Å². The summed E-state index contributed by atoms with van der Waals surface area (Å²) in [5.41, 5.74) is 0. The van der Waals surface area contributed by atoms with E-state index in [0.29, 0.717) is 23.9 Å². The van der Waals surface area contributed by atoms with Crippen LogP contribution in [0.2, 0.25) is 0 Å². The van der Waals surface area contributed by atoms with Gasteiger partial charge in [0.25, 0.3) is 0 Å². The number of phosphoric acid groups is 1. The number of carbonyl (C=O) groups excluding carboxylic acids is 2. The number of carbonyl (C=O) groups is 2. The Bertz CT molecular complexity index is 1460.